The van der Waals surface area contributed by atoms with Crippen LogP contribution in [0.3, 0.4) is 0 Å². The van der Waals surface area contributed by atoms with E-state index in [9.17, 15) is 53.9 Å². The summed E-state index contributed by atoms with van der Waals surface area (Å²) in [6, 6.07) is 36.9. The fourth-order valence-electron chi connectivity index (χ4n) is 7.45. The molecular formula is C63H63F9N9O9Y3-3. The first kappa shape index (κ1) is 84.2. The Morgan fingerprint density at radius 1 is 0.409 bits per heavy atom. The molecule has 3 amide bonds. The second-order valence-electron chi connectivity index (χ2n) is 17.2. The van der Waals surface area contributed by atoms with Crippen molar-refractivity contribution >= 4 is 35.8 Å². The van der Waals surface area contributed by atoms with Crippen LogP contribution in [0.15, 0.2) is 159 Å². The zero-order valence-electron chi connectivity index (χ0n) is 51.2. The van der Waals surface area contributed by atoms with E-state index in [1.807, 2.05) is 77.9 Å². The molecule has 3 aromatic heterocycles. The van der Waals surface area contributed by atoms with Gasteiger partial charge in [-0.25, -0.2) is 0 Å². The molecule has 0 aliphatic carbocycles. The van der Waals surface area contributed by atoms with Crippen molar-refractivity contribution in [3.05, 3.63) is 200 Å². The van der Waals surface area contributed by atoms with Crippen LogP contribution in [0.1, 0.15) is 109 Å². The van der Waals surface area contributed by atoms with Gasteiger partial charge in [-0.2, -0.15) is 19.3 Å². The Hall–Kier alpha value is -6.77. The SMILES string of the molecule is CC.CC.CC.[CH2-]CCc1c(OC(F)(F)F)cccc1C(=O)Nc1nnc(-c2ccccc2)o1.[CH2-]CCc1cc(OC(F)(F)F)cc(C(=O)Nc2nnc(-c3ccccc3)o2)c1.[CH2-]CCc1ccc(-c2nnc(NC(=O)c3cccc(OC(F)(F)F)c3)o2)cc1.[Y].[Y].[Y]. The number of carbonyl (C=O) groups is 3. The first-order valence-corrected chi connectivity index (χ1v) is 27.7. The number of nitrogens with one attached hydrogen (secondary N) is 3. The molecule has 0 unspecified atom stereocenters. The minimum absolute atomic E-state index is 0. The minimum Gasteiger partial charge on any atom is -0.406 e. The second kappa shape index (κ2) is 42.5. The number of rotatable bonds is 18. The molecule has 0 aliphatic heterocycles. The van der Waals surface area contributed by atoms with Crippen molar-refractivity contribution in [2.75, 3.05) is 16.0 Å². The number of aryl methyl sites for hydroxylation is 2. The third-order valence-corrected chi connectivity index (χ3v) is 10.9. The number of hydrogen-bond acceptors (Lipinski definition) is 15. The molecule has 0 fully saturated rings. The molecule has 18 nitrogen and oxygen atoms in total. The van der Waals surface area contributed by atoms with Crippen LogP contribution in [0.25, 0.3) is 34.4 Å². The Morgan fingerprint density at radius 3 is 1.26 bits per heavy atom. The molecule has 3 heterocycles. The van der Waals surface area contributed by atoms with Crippen LogP contribution in [0, 0.1) is 20.8 Å². The van der Waals surface area contributed by atoms with E-state index in [1.165, 1.54) is 36.4 Å². The van der Waals surface area contributed by atoms with Gasteiger partial charge in [0.05, 0.1) is 0 Å². The zero-order chi connectivity index (χ0) is 66.4. The summed E-state index contributed by atoms with van der Waals surface area (Å²) >= 11 is 0. The summed E-state index contributed by atoms with van der Waals surface area (Å²) < 4.78 is 140. The van der Waals surface area contributed by atoms with Gasteiger partial charge >= 0.3 is 37.1 Å². The van der Waals surface area contributed by atoms with Gasteiger partial charge in [0.15, 0.2) is 0 Å². The number of halogens is 9. The predicted molar refractivity (Wildman–Crippen MR) is 318 cm³/mol. The Morgan fingerprint density at radius 2 is 0.806 bits per heavy atom. The molecule has 9 aromatic rings. The van der Waals surface area contributed by atoms with Crippen LogP contribution in [0.2, 0.25) is 0 Å². The van der Waals surface area contributed by atoms with Gasteiger partial charge in [0, 0.05) is 137 Å². The first-order valence-electron chi connectivity index (χ1n) is 27.7. The molecule has 93 heavy (non-hydrogen) atoms. The quantitative estimate of drug-likeness (QED) is 0.0536. The molecule has 3 N–H and O–H groups in total. The van der Waals surface area contributed by atoms with Gasteiger partial charge in [-0.3, -0.25) is 30.3 Å². The van der Waals surface area contributed by atoms with E-state index < -0.39 is 54.1 Å². The number of ether oxygens (including phenoxy) is 3. The maximum absolute atomic E-state index is 12.6. The number of carbonyl (C=O) groups excluding carboxylic acids is 3. The van der Waals surface area contributed by atoms with Gasteiger partial charge in [0.2, 0.25) is 17.7 Å². The van der Waals surface area contributed by atoms with E-state index in [-0.39, 0.29) is 169 Å². The standard InChI is InChI=1S/3C19H15F3N3O3.3C2H6.3Y/c1-2-7-13-14(10-6-11-15(13)28-19(20,21)22)16(26)23-18-25-24-17(27-18)12-8-4-3-5-9-12;1-2-6-12-9-14(11-15(10-12)28-19(20,21)22)16(26)23-18-25-24-17(27-18)13-7-4-3-5-8-13;1-2-4-12-7-9-13(10-8-12)17-24-25-18(27-17)23-16(26)14-5-3-6-15(11-14)28-19(20,21)22;3*1-2;;;/h3-6,8-11H,1-2,7H2,(H,23,25,26);3-5,7-11H,1-2,6H2,(H,23,25,26);3,5-11H,1-2,4H2,(H,23,25,26);3*1-2H3;;;/q3*-1;;;;;;. The number of benzene rings is 6. The van der Waals surface area contributed by atoms with Crippen molar-refractivity contribution in [3.8, 4) is 51.6 Å². The monoisotopic (exact) mass is 1530 g/mol. The van der Waals surface area contributed by atoms with E-state index in [1.54, 1.807) is 48.5 Å². The van der Waals surface area contributed by atoms with Crippen LogP contribution in [-0.2, 0) is 117 Å². The molecule has 6 aromatic carbocycles. The van der Waals surface area contributed by atoms with Crippen molar-refractivity contribution in [1.29, 1.82) is 0 Å². The molecule has 3 radical (unpaired) electrons. The largest absolute Gasteiger partial charge is 0.573 e. The van der Waals surface area contributed by atoms with Crippen LogP contribution in [0.5, 0.6) is 17.2 Å². The van der Waals surface area contributed by atoms with Crippen LogP contribution >= 0.6 is 0 Å². The van der Waals surface area contributed by atoms with Gasteiger partial charge in [0.25, 0.3) is 17.7 Å². The predicted octanol–water partition coefficient (Wildman–Crippen LogP) is 17.0. The molecule has 9 rings (SSSR count). The molecule has 0 atom stereocenters. The van der Waals surface area contributed by atoms with E-state index >= 15 is 0 Å². The van der Waals surface area contributed by atoms with Crippen LogP contribution in [-0.4, -0.2) is 67.4 Å². The van der Waals surface area contributed by atoms with E-state index in [2.05, 4.69) is 81.5 Å². The van der Waals surface area contributed by atoms with Crippen LogP contribution < -0.4 is 30.2 Å². The molecule has 0 aliphatic rings. The van der Waals surface area contributed by atoms with Crippen molar-refractivity contribution in [2.24, 2.45) is 0 Å². The molecule has 30 heteroatoms. The fraction of sp³-hybridized carbons (Fsp3) is 0.238. The first-order chi connectivity index (χ1) is 43.0. The molecule has 0 saturated carbocycles. The van der Waals surface area contributed by atoms with E-state index in [0.29, 0.717) is 35.1 Å². The van der Waals surface area contributed by atoms with Crippen molar-refractivity contribution < 1.29 is 179 Å². The number of alkyl halides is 9. The maximum Gasteiger partial charge on any atom is 0.573 e. The number of hydrogen-bond donors (Lipinski definition) is 3. The summed E-state index contributed by atoms with van der Waals surface area (Å²) in [4.78, 5) is 37.2. The van der Waals surface area contributed by atoms with Crippen molar-refractivity contribution in [3.63, 3.8) is 0 Å². The molecule has 0 bridgehead atoms. The maximum atomic E-state index is 12.6. The Balaban J connectivity index is 0.000000659. The smallest absolute Gasteiger partial charge is 0.406 e. The minimum atomic E-state index is -4.87. The average Bonchev–Trinajstić information content (AvgIpc) is 1.57. The zero-order valence-corrected chi connectivity index (χ0v) is 59.7. The van der Waals surface area contributed by atoms with E-state index in [0.717, 1.165) is 42.7 Å². The number of anilines is 3. The van der Waals surface area contributed by atoms with Gasteiger partial charge in [-0.15, -0.1) is 54.8 Å². The molecular weight excluding hydrogens is 1460 g/mol. The second-order valence-corrected chi connectivity index (χ2v) is 17.2. The van der Waals surface area contributed by atoms with Crippen molar-refractivity contribution in [2.45, 2.75) is 99.2 Å². The Bertz CT molecular complexity index is 3630. The summed E-state index contributed by atoms with van der Waals surface area (Å²) in [6.07, 6.45) is -11.7. The summed E-state index contributed by atoms with van der Waals surface area (Å²) in [6.45, 7) is 23.1. The Labute approximate surface area is 606 Å². The van der Waals surface area contributed by atoms with Gasteiger partial charge in [0.1, 0.15) is 17.2 Å². The Kier molecular flexibility index (Phi) is 38.5. The molecule has 0 spiro atoms. The summed E-state index contributed by atoms with van der Waals surface area (Å²) in [5, 5.41) is 29.9. The van der Waals surface area contributed by atoms with Crippen LogP contribution in [0.4, 0.5) is 57.6 Å². The third kappa shape index (κ3) is 29.2. The van der Waals surface area contributed by atoms with E-state index in [4.69, 9.17) is 13.3 Å². The van der Waals surface area contributed by atoms with Gasteiger partial charge < -0.3 is 48.2 Å². The number of aromatic nitrogens is 6. The fourth-order valence-corrected chi connectivity index (χ4v) is 7.45. The summed E-state index contributed by atoms with van der Waals surface area (Å²) in [5.74, 6) is -2.96. The number of amides is 3. The molecule has 0 saturated heterocycles. The summed E-state index contributed by atoms with van der Waals surface area (Å²) in [5.41, 5.74) is 3.60. The topological polar surface area (TPSA) is 232 Å². The third-order valence-electron chi connectivity index (χ3n) is 10.9. The molecule has 489 valence electrons. The van der Waals surface area contributed by atoms with Gasteiger partial charge in [-0.1, -0.05) is 142 Å². The number of nitrogens with zero attached hydrogens (tertiary/aromatic N) is 6. The normalized spacial score (nSPS) is 10.4. The summed E-state index contributed by atoms with van der Waals surface area (Å²) in [7, 11) is 0. The van der Waals surface area contributed by atoms with Gasteiger partial charge in [-0.05, 0) is 90.5 Å². The van der Waals surface area contributed by atoms with Crippen molar-refractivity contribution in [1.82, 2.24) is 30.6 Å². The average molecular weight is 1530 g/mol.